The summed E-state index contributed by atoms with van der Waals surface area (Å²) in [4.78, 5) is 8.55. The number of aromatic nitrogens is 3. The summed E-state index contributed by atoms with van der Waals surface area (Å²) in [6.45, 7) is 1.53. The van der Waals surface area contributed by atoms with E-state index in [2.05, 4.69) is 9.97 Å². The highest BCUT2D eigenvalue weighted by molar-refractivity contribution is 5.77. The average molecular weight is 319 g/mol. The molecule has 24 heavy (non-hydrogen) atoms. The number of oxazole rings is 1. The van der Waals surface area contributed by atoms with Crippen molar-refractivity contribution >= 4 is 11.1 Å². The standard InChI is InChI=1S/C19H17N3O2/c1-2-5-15(6-3-1)19-21-17-8-7-16(13-18(17)24-19)23-12-4-10-22-11-9-20-14-22/h1-3,5-9,11,13-14H,4,10,12H2. The molecular weight excluding hydrogens is 302 g/mol. The molecule has 2 heterocycles. The number of benzene rings is 2. The second-order valence-corrected chi connectivity index (χ2v) is 5.52. The van der Waals surface area contributed by atoms with Crippen molar-refractivity contribution in [1.29, 1.82) is 0 Å². The van der Waals surface area contributed by atoms with Crippen LogP contribution in [0.3, 0.4) is 0 Å². The molecular formula is C19H17N3O2. The Hall–Kier alpha value is -3.08. The summed E-state index contributed by atoms with van der Waals surface area (Å²) < 4.78 is 13.7. The molecule has 0 N–H and O–H groups in total. The van der Waals surface area contributed by atoms with Crippen LogP contribution in [0.15, 0.2) is 71.7 Å². The SMILES string of the molecule is c1ccc(-c2nc3ccc(OCCCn4ccnc4)cc3o2)cc1. The number of imidazole rings is 1. The summed E-state index contributed by atoms with van der Waals surface area (Å²) in [6, 6.07) is 15.6. The van der Waals surface area contributed by atoms with E-state index in [0.717, 1.165) is 35.4 Å². The third-order valence-corrected chi connectivity index (χ3v) is 3.77. The molecule has 2 aromatic carbocycles. The number of ether oxygens (including phenoxy) is 1. The van der Waals surface area contributed by atoms with Gasteiger partial charge in [-0.2, -0.15) is 0 Å². The van der Waals surface area contributed by atoms with Gasteiger partial charge in [0.15, 0.2) is 5.58 Å². The predicted molar refractivity (Wildman–Crippen MR) is 91.8 cm³/mol. The molecule has 0 aliphatic rings. The van der Waals surface area contributed by atoms with E-state index in [0.29, 0.717) is 12.5 Å². The van der Waals surface area contributed by atoms with E-state index in [9.17, 15) is 0 Å². The zero-order valence-electron chi connectivity index (χ0n) is 13.1. The van der Waals surface area contributed by atoms with Crippen LogP contribution in [-0.4, -0.2) is 21.1 Å². The predicted octanol–water partition coefficient (Wildman–Crippen LogP) is 4.16. The lowest BCUT2D eigenvalue weighted by Crippen LogP contribution is -2.02. The van der Waals surface area contributed by atoms with Crippen molar-refractivity contribution in [2.24, 2.45) is 0 Å². The van der Waals surface area contributed by atoms with Crippen molar-refractivity contribution in [3.8, 4) is 17.2 Å². The van der Waals surface area contributed by atoms with Crippen LogP contribution in [0.4, 0.5) is 0 Å². The Morgan fingerprint density at radius 2 is 2.00 bits per heavy atom. The Kier molecular flexibility index (Phi) is 3.98. The molecule has 0 saturated heterocycles. The van der Waals surface area contributed by atoms with E-state index in [4.69, 9.17) is 9.15 Å². The summed E-state index contributed by atoms with van der Waals surface area (Å²) in [5.41, 5.74) is 2.54. The van der Waals surface area contributed by atoms with Gasteiger partial charge in [-0.3, -0.25) is 0 Å². The summed E-state index contributed by atoms with van der Waals surface area (Å²) in [5.74, 6) is 1.42. The average Bonchev–Trinajstić information content (AvgIpc) is 3.28. The minimum Gasteiger partial charge on any atom is -0.493 e. The molecule has 4 aromatic rings. The fourth-order valence-electron chi connectivity index (χ4n) is 2.56. The maximum absolute atomic E-state index is 5.86. The van der Waals surface area contributed by atoms with E-state index in [-0.39, 0.29) is 0 Å². The minimum absolute atomic E-state index is 0.628. The fourth-order valence-corrected chi connectivity index (χ4v) is 2.56. The molecule has 0 unspecified atom stereocenters. The largest absolute Gasteiger partial charge is 0.493 e. The normalized spacial score (nSPS) is 11.0. The Morgan fingerprint density at radius 3 is 2.83 bits per heavy atom. The summed E-state index contributed by atoms with van der Waals surface area (Å²) >= 11 is 0. The highest BCUT2D eigenvalue weighted by Gasteiger charge is 2.08. The van der Waals surface area contributed by atoms with Crippen LogP contribution in [0.1, 0.15) is 6.42 Å². The third kappa shape index (κ3) is 3.15. The Labute approximate surface area is 139 Å². The van der Waals surface area contributed by atoms with Gasteiger partial charge in [-0.1, -0.05) is 18.2 Å². The number of nitrogens with zero attached hydrogens (tertiary/aromatic N) is 3. The smallest absolute Gasteiger partial charge is 0.227 e. The van der Waals surface area contributed by atoms with Crippen LogP contribution >= 0.6 is 0 Å². The molecule has 5 heteroatoms. The number of hydrogen-bond acceptors (Lipinski definition) is 4. The molecule has 0 radical (unpaired) electrons. The van der Waals surface area contributed by atoms with Gasteiger partial charge in [0.25, 0.3) is 0 Å². The number of aryl methyl sites for hydroxylation is 1. The zero-order chi connectivity index (χ0) is 16.2. The van der Waals surface area contributed by atoms with Crippen LogP contribution in [0.2, 0.25) is 0 Å². The maximum atomic E-state index is 5.86. The fraction of sp³-hybridized carbons (Fsp3) is 0.158. The molecule has 120 valence electrons. The van der Waals surface area contributed by atoms with Gasteiger partial charge in [-0.05, 0) is 30.7 Å². The van der Waals surface area contributed by atoms with Crippen molar-refractivity contribution in [3.05, 3.63) is 67.3 Å². The molecule has 0 saturated carbocycles. The van der Waals surface area contributed by atoms with Gasteiger partial charge < -0.3 is 13.7 Å². The monoisotopic (exact) mass is 319 g/mol. The van der Waals surface area contributed by atoms with Gasteiger partial charge in [0.2, 0.25) is 5.89 Å². The number of rotatable bonds is 6. The van der Waals surface area contributed by atoms with Crippen molar-refractivity contribution in [2.75, 3.05) is 6.61 Å². The number of hydrogen-bond donors (Lipinski definition) is 0. The first-order chi connectivity index (χ1) is 11.9. The summed E-state index contributed by atoms with van der Waals surface area (Å²) in [5, 5.41) is 0. The van der Waals surface area contributed by atoms with Gasteiger partial charge in [0.1, 0.15) is 11.3 Å². The molecule has 0 atom stereocenters. The van der Waals surface area contributed by atoms with E-state index in [1.54, 1.807) is 6.20 Å². The van der Waals surface area contributed by atoms with Crippen LogP contribution in [0.5, 0.6) is 5.75 Å². The molecule has 0 bridgehead atoms. The van der Waals surface area contributed by atoms with Crippen LogP contribution in [0.25, 0.3) is 22.6 Å². The highest BCUT2D eigenvalue weighted by Crippen LogP contribution is 2.26. The second kappa shape index (κ2) is 6.58. The number of fused-ring (bicyclic) bond motifs is 1. The lowest BCUT2D eigenvalue weighted by molar-refractivity contribution is 0.302. The van der Waals surface area contributed by atoms with E-state index in [1.165, 1.54) is 0 Å². The Bertz CT molecular complexity index is 914. The van der Waals surface area contributed by atoms with Crippen molar-refractivity contribution in [1.82, 2.24) is 14.5 Å². The molecule has 0 fully saturated rings. The van der Waals surface area contributed by atoms with E-state index in [1.807, 2.05) is 65.6 Å². The Morgan fingerprint density at radius 1 is 1.08 bits per heavy atom. The molecule has 4 rings (SSSR count). The highest BCUT2D eigenvalue weighted by atomic mass is 16.5. The summed E-state index contributed by atoms with van der Waals surface area (Å²) in [6.07, 6.45) is 6.46. The van der Waals surface area contributed by atoms with Gasteiger partial charge in [-0.25, -0.2) is 9.97 Å². The molecule has 0 aliphatic carbocycles. The van der Waals surface area contributed by atoms with Gasteiger partial charge in [0, 0.05) is 30.6 Å². The first kappa shape index (κ1) is 14.5. The first-order valence-corrected chi connectivity index (χ1v) is 7.93. The molecule has 2 aromatic heterocycles. The van der Waals surface area contributed by atoms with Crippen molar-refractivity contribution in [3.63, 3.8) is 0 Å². The van der Waals surface area contributed by atoms with Crippen LogP contribution in [-0.2, 0) is 6.54 Å². The molecule has 0 amide bonds. The third-order valence-electron chi connectivity index (χ3n) is 3.77. The second-order valence-electron chi connectivity index (χ2n) is 5.52. The van der Waals surface area contributed by atoms with Crippen molar-refractivity contribution < 1.29 is 9.15 Å². The zero-order valence-corrected chi connectivity index (χ0v) is 13.1. The molecule has 5 nitrogen and oxygen atoms in total. The van der Waals surface area contributed by atoms with Crippen molar-refractivity contribution in [2.45, 2.75) is 13.0 Å². The lowest BCUT2D eigenvalue weighted by atomic mass is 10.2. The maximum Gasteiger partial charge on any atom is 0.227 e. The molecule has 0 spiro atoms. The summed E-state index contributed by atoms with van der Waals surface area (Å²) in [7, 11) is 0. The lowest BCUT2D eigenvalue weighted by Gasteiger charge is -2.06. The Balaban J connectivity index is 1.43. The van der Waals surface area contributed by atoms with Crippen LogP contribution < -0.4 is 4.74 Å². The minimum atomic E-state index is 0.628. The quantitative estimate of drug-likeness (QED) is 0.501. The van der Waals surface area contributed by atoms with Crippen LogP contribution in [0, 0.1) is 0 Å². The van der Waals surface area contributed by atoms with E-state index >= 15 is 0 Å². The first-order valence-electron chi connectivity index (χ1n) is 7.93. The van der Waals surface area contributed by atoms with Gasteiger partial charge in [0.05, 0.1) is 12.9 Å². The molecule has 0 aliphatic heterocycles. The van der Waals surface area contributed by atoms with Gasteiger partial charge >= 0.3 is 0 Å². The topological polar surface area (TPSA) is 53.1 Å². The van der Waals surface area contributed by atoms with E-state index < -0.39 is 0 Å². The van der Waals surface area contributed by atoms with Gasteiger partial charge in [-0.15, -0.1) is 0 Å².